The van der Waals surface area contributed by atoms with Gasteiger partial charge in [0.15, 0.2) is 8.29 Å². The molecule has 3 heterocycles. The molecule has 2 aliphatic rings. The number of nitrogens with zero attached hydrogens (tertiary/aromatic N) is 5. The first kappa shape index (κ1) is 20.6. The number of morpholine rings is 1. The predicted octanol–water partition coefficient (Wildman–Crippen LogP) is 1.33. The average Bonchev–Trinajstić information content (AvgIpc) is 2.94. The Morgan fingerprint density at radius 2 is 1.81 bits per heavy atom. The van der Waals surface area contributed by atoms with Crippen LogP contribution in [0.3, 0.4) is 0 Å². The van der Waals surface area contributed by atoms with Crippen molar-refractivity contribution < 1.29 is 13.2 Å². The lowest BCUT2D eigenvalue weighted by atomic mass is 10.3. The van der Waals surface area contributed by atoms with Crippen molar-refractivity contribution in [2.24, 2.45) is 0 Å². The molecule has 2 fully saturated rings. The van der Waals surface area contributed by atoms with Gasteiger partial charge in [-0.05, 0) is 32.3 Å². The standard InChI is InChI=1S/C14H25N5O3S4/c1-11-8-18(9-12(2)22-11)26(20,21)17-6-4-16(5-7-17)10-19-14(23)25-13(15-19)24-3/h11-12H,4-10H2,1-3H3/t11-,12-/m1/s1. The summed E-state index contributed by atoms with van der Waals surface area (Å²) in [6.45, 7) is 7.56. The largest absolute Gasteiger partial charge is 0.373 e. The van der Waals surface area contributed by atoms with E-state index in [1.807, 2.05) is 24.8 Å². The number of piperazine rings is 1. The van der Waals surface area contributed by atoms with Crippen molar-refractivity contribution in [2.45, 2.75) is 37.1 Å². The number of rotatable bonds is 5. The Balaban J connectivity index is 1.59. The smallest absolute Gasteiger partial charge is 0.282 e. The lowest BCUT2D eigenvalue weighted by Crippen LogP contribution is -2.57. The van der Waals surface area contributed by atoms with E-state index >= 15 is 0 Å². The number of hydrogen-bond acceptors (Lipinski definition) is 8. The van der Waals surface area contributed by atoms with Crippen molar-refractivity contribution in [3.63, 3.8) is 0 Å². The number of thioether (sulfide) groups is 1. The van der Waals surface area contributed by atoms with E-state index in [1.54, 1.807) is 20.4 Å². The van der Waals surface area contributed by atoms with Gasteiger partial charge >= 0.3 is 0 Å². The van der Waals surface area contributed by atoms with Crippen LogP contribution in [0.5, 0.6) is 0 Å². The Labute approximate surface area is 168 Å². The lowest BCUT2D eigenvalue weighted by molar-refractivity contribution is -0.0458. The third-order valence-electron chi connectivity index (χ3n) is 4.47. The molecule has 0 spiro atoms. The second-order valence-corrected chi connectivity index (χ2v) is 11.2. The molecule has 148 valence electrons. The first-order chi connectivity index (χ1) is 12.3. The van der Waals surface area contributed by atoms with Gasteiger partial charge in [0.2, 0.25) is 0 Å². The highest BCUT2D eigenvalue weighted by Crippen LogP contribution is 2.21. The molecule has 2 saturated heterocycles. The zero-order chi connectivity index (χ0) is 18.9. The van der Waals surface area contributed by atoms with Gasteiger partial charge < -0.3 is 4.74 Å². The molecule has 0 aliphatic carbocycles. The highest BCUT2D eigenvalue weighted by atomic mass is 32.2. The molecule has 0 unspecified atom stereocenters. The fourth-order valence-electron chi connectivity index (χ4n) is 3.23. The van der Waals surface area contributed by atoms with Crippen LogP contribution >= 0.6 is 35.3 Å². The Bertz CT molecular complexity index is 762. The summed E-state index contributed by atoms with van der Waals surface area (Å²) in [5, 5.41) is 4.48. The lowest BCUT2D eigenvalue weighted by Gasteiger charge is -2.40. The topological polar surface area (TPSA) is 70.9 Å². The van der Waals surface area contributed by atoms with Crippen LogP contribution < -0.4 is 0 Å². The van der Waals surface area contributed by atoms with Crippen molar-refractivity contribution in [3.05, 3.63) is 3.95 Å². The normalized spacial score (nSPS) is 27.0. The minimum atomic E-state index is -3.44. The Morgan fingerprint density at radius 3 is 2.35 bits per heavy atom. The van der Waals surface area contributed by atoms with Gasteiger partial charge in [0.05, 0.1) is 18.9 Å². The molecule has 1 aromatic rings. The van der Waals surface area contributed by atoms with Gasteiger partial charge in [-0.1, -0.05) is 23.1 Å². The van der Waals surface area contributed by atoms with E-state index in [-0.39, 0.29) is 12.2 Å². The molecule has 3 rings (SSSR count). The molecule has 8 nitrogen and oxygen atoms in total. The number of ether oxygens (including phenoxy) is 1. The van der Waals surface area contributed by atoms with Crippen LogP contribution in [0.4, 0.5) is 0 Å². The maximum atomic E-state index is 12.9. The third kappa shape index (κ3) is 4.66. The molecule has 1 aromatic heterocycles. The number of aromatic nitrogens is 2. The summed E-state index contributed by atoms with van der Waals surface area (Å²) in [4.78, 5) is 2.19. The predicted molar refractivity (Wildman–Crippen MR) is 106 cm³/mol. The van der Waals surface area contributed by atoms with Crippen molar-refractivity contribution in [1.82, 2.24) is 23.3 Å². The summed E-state index contributed by atoms with van der Waals surface area (Å²) in [6, 6.07) is 0. The molecule has 12 heteroatoms. The van der Waals surface area contributed by atoms with Crippen LogP contribution in [0.1, 0.15) is 13.8 Å². The first-order valence-electron chi connectivity index (χ1n) is 8.54. The highest BCUT2D eigenvalue weighted by Gasteiger charge is 2.36. The number of hydrogen-bond donors (Lipinski definition) is 0. The molecular weight excluding hydrogens is 414 g/mol. The molecule has 0 saturated carbocycles. The zero-order valence-electron chi connectivity index (χ0n) is 15.2. The molecule has 2 aliphatic heterocycles. The van der Waals surface area contributed by atoms with Gasteiger partial charge in [-0.2, -0.15) is 22.1 Å². The Morgan fingerprint density at radius 1 is 1.19 bits per heavy atom. The quantitative estimate of drug-likeness (QED) is 0.506. The molecule has 0 aromatic carbocycles. The molecule has 0 amide bonds. The molecule has 0 radical (unpaired) electrons. The van der Waals surface area contributed by atoms with Gasteiger partial charge in [0.1, 0.15) is 0 Å². The SMILES string of the molecule is CSc1nn(CN2CCN(S(=O)(=O)N3C[C@@H](C)O[C@H](C)C3)CC2)c(=S)s1. The van der Waals surface area contributed by atoms with Crippen molar-refractivity contribution in [1.29, 1.82) is 0 Å². The van der Waals surface area contributed by atoms with Crippen LogP contribution in [0.15, 0.2) is 4.34 Å². The van der Waals surface area contributed by atoms with Gasteiger partial charge in [0, 0.05) is 39.3 Å². The molecule has 0 N–H and O–H groups in total. The van der Waals surface area contributed by atoms with Crippen LogP contribution in [-0.2, 0) is 21.6 Å². The maximum Gasteiger partial charge on any atom is 0.282 e. The van der Waals surface area contributed by atoms with E-state index in [0.717, 1.165) is 8.29 Å². The van der Waals surface area contributed by atoms with Crippen LogP contribution in [0.2, 0.25) is 0 Å². The second-order valence-electron chi connectivity index (χ2n) is 6.58. The fourth-order valence-corrected chi connectivity index (χ4v) is 6.72. The van der Waals surface area contributed by atoms with Crippen LogP contribution in [-0.4, -0.2) is 89.4 Å². The van der Waals surface area contributed by atoms with Gasteiger partial charge in [-0.3, -0.25) is 4.90 Å². The molecule has 2 atom stereocenters. The van der Waals surface area contributed by atoms with Gasteiger partial charge in [0.25, 0.3) is 10.2 Å². The zero-order valence-corrected chi connectivity index (χ0v) is 18.5. The molecule has 0 bridgehead atoms. The fraction of sp³-hybridized carbons (Fsp3) is 0.857. The minimum absolute atomic E-state index is 0.0769. The van der Waals surface area contributed by atoms with Crippen LogP contribution in [0, 0.1) is 3.95 Å². The van der Waals surface area contributed by atoms with Gasteiger partial charge in [-0.25, -0.2) is 4.68 Å². The van der Waals surface area contributed by atoms with E-state index in [1.165, 1.54) is 11.3 Å². The summed E-state index contributed by atoms with van der Waals surface area (Å²) in [7, 11) is -3.44. The van der Waals surface area contributed by atoms with Crippen molar-refractivity contribution >= 4 is 45.5 Å². The summed E-state index contributed by atoms with van der Waals surface area (Å²) < 4.78 is 38.2. The Hall–Kier alpha value is -0.0800. The molecular formula is C14H25N5O3S4. The van der Waals surface area contributed by atoms with Crippen LogP contribution in [0.25, 0.3) is 0 Å². The van der Waals surface area contributed by atoms with Gasteiger partial charge in [-0.15, -0.1) is 0 Å². The highest BCUT2D eigenvalue weighted by molar-refractivity contribution is 8.00. The summed E-state index contributed by atoms with van der Waals surface area (Å²) in [6.07, 6.45) is 1.83. The van der Waals surface area contributed by atoms with E-state index in [4.69, 9.17) is 17.0 Å². The average molecular weight is 440 g/mol. The van der Waals surface area contributed by atoms with Crippen molar-refractivity contribution in [3.8, 4) is 0 Å². The Kier molecular flexibility index (Phi) is 6.76. The first-order valence-corrected chi connectivity index (χ1v) is 12.4. The third-order valence-corrected chi connectivity index (χ3v) is 8.72. The summed E-state index contributed by atoms with van der Waals surface area (Å²) >= 11 is 8.44. The maximum absolute atomic E-state index is 12.9. The van der Waals surface area contributed by atoms with E-state index in [9.17, 15) is 8.42 Å². The minimum Gasteiger partial charge on any atom is -0.373 e. The summed E-state index contributed by atoms with van der Waals surface area (Å²) in [5.41, 5.74) is 0. The van der Waals surface area contributed by atoms with E-state index < -0.39 is 10.2 Å². The van der Waals surface area contributed by atoms with E-state index in [2.05, 4.69) is 10.00 Å². The van der Waals surface area contributed by atoms with E-state index in [0.29, 0.717) is 45.9 Å². The van der Waals surface area contributed by atoms with Crippen molar-refractivity contribution in [2.75, 3.05) is 45.5 Å². The monoisotopic (exact) mass is 439 g/mol. The molecule has 26 heavy (non-hydrogen) atoms. The summed E-state index contributed by atoms with van der Waals surface area (Å²) in [5.74, 6) is 0. The second kappa shape index (κ2) is 8.52.